The van der Waals surface area contributed by atoms with E-state index in [1.54, 1.807) is 47.1 Å². The second-order valence-electron chi connectivity index (χ2n) is 6.82. The molecule has 0 bridgehead atoms. The van der Waals surface area contributed by atoms with Crippen LogP contribution >= 0.6 is 23.2 Å². The molecule has 0 amide bonds. The fourth-order valence-electron chi connectivity index (χ4n) is 3.13. The van der Waals surface area contributed by atoms with Crippen molar-refractivity contribution >= 4 is 34.9 Å². The van der Waals surface area contributed by atoms with Crippen molar-refractivity contribution in [1.82, 2.24) is 9.78 Å². The normalized spacial score (nSPS) is 10.8. The fourth-order valence-corrected chi connectivity index (χ4v) is 3.66. The number of halogens is 3. The van der Waals surface area contributed by atoms with Crippen molar-refractivity contribution in [2.45, 2.75) is 6.54 Å². The van der Waals surface area contributed by atoms with Crippen LogP contribution in [0.15, 0.2) is 72.9 Å². The van der Waals surface area contributed by atoms with Gasteiger partial charge < -0.3 is 10.4 Å². The van der Waals surface area contributed by atoms with Gasteiger partial charge in [0.2, 0.25) is 0 Å². The van der Waals surface area contributed by atoms with E-state index in [0.717, 1.165) is 16.8 Å². The molecule has 0 saturated carbocycles. The van der Waals surface area contributed by atoms with Crippen LogP contribution in [0.1, 0.15) is 15.9 Å². The summed E-state index contributed by atoms with van der Waals surface area (Å²) in [7, 11) is 0. The van der Waals surface area contributed by atoms with Crippen molar-refractivity contribution in [1.29, 1.82) is 0 Å². The first kappa shape index (κ1) is 20.9. The largest absolute Gasteiger partial charge is 0.478 e. The highest BCUT2D eigenvalue weighted by Crippen LogP contribution is 2.27. The van der Waals surface area contributed by atoms with Gasteiger partial charge in [-0.2, -0.15) is 5.10 Å². The van der Waals surface area contributed by atoms with Crippen LogP contribution in [0.3, 0.4) is 0 Å². The van der Waals surface area contributed by atoms with E-state index in [1.165, 1.54) is 24.3 Å². The molecule has 0 aliphatic carbocycles. The number of carbonyl (C=O) groups is 1. The van der Waals surface area contributed by atoms with Crippen LogP contribution in [-0.2, 0) is 6.54 Å². The first-order chi connectivity index (χ1) is 14.9. The molecule has 0 radical (unpaired) electrons. The molecule has 0 spiro atoms. The van der Waals surface area contributed by atoms with Gasteiger partial charge in [-0.05, 0) is 66.7 Å². The maximum absolute atomic E-state index is 13.4. The maximum Gasteiger partial charge on any atom is 0.335 e. The molecule has 0 saturated heterocycles. The standard InChI is InChI=1S/C23H16Cl2FN3O2/c24-17-9-18(25)11-20(10-17)27-12-16-13-29(21-7-3-15(4-8-21)23(30)31)28-22(16)14-1-5-19(26)6-2-14/h1-11,13,27H,12H2,(H,30,31). The van der Waals surface area contributed by atoms with E-state index in [4.69, 9.17) is 28.3 Å². The Morgan fingerprint density at radius 1 is 1.00 bits per heavy atom. The van der Waals surface area contributed by atoms with Crippen molar-refractivity contribution in [2.75, 3.05) is 5.32 Å². The third-order valence-electron chi connectivity index (χ3n) is 4.63. The minimum atomic E-state index is -0.996. The summed E-state index contributed by atoms with van der Waals surface area (Å²) in [6.07, 6.45) is 1.84. The Labute approximate surface area is 187 Å². The highest BCUT2D eigenvalue weighted by Gasteiger charge is 2.13. The number of aromatic nitrogens is 2. The lowest BCUT2D eigenvalue weighted by molar-refractivity contribution is 0.0697. The molecule has 5 nitrogen and oxygen atoms in total. The second kappa shape index (κ2) is 8.79. The maximum atomic E-state index is 13.4. The molecule has 4 aromatic rings. The number of hydrogen-bond donors (Lipinski definition) is 2. The summed E-state index contributed by atoms with van der Waals surface area (Å²) in [5.41, 5.74) is 3.91. The Hall–Kier alpha value is -3.35. The first-order valence-electron chi connectivity index (χ1n) is 9.27. The number of rotatable bonds is 6. The molecule has 1 aromatic heterocycles. The Balaban J connectivity index is 1.69. The molecular weight excluding hydrogens is 440 g/mol. The molecular formula is C23H16Cl2FN3O2. The van der Waals surface area contributed by atoms with Crippen molar-refractivity contribution in [3.8, 4) is 16.9 Å². The second-order valence-corrected chi connectivity index (χ2v) is 7.69. The van der Waals surface area contributed by atoms with Crippen LogP contribution < -0.4 is 5.32 Å². The molecule has 31 heavy (non-hydrogen) atoms. The van der Waals surface area contributed by atoms with Gasteiger partial charge in [0.05, 0.1) is 16.9 Å². The highest BCUT2D eigenvalue weighted by atomic mass is 35.5. The summed E-state index contributed by atoms with van der Waals surface area (Å²) in [5.74, 6) is -1.33. The quantitative estimate of drug-likeness (QED) is 0.358. The lowest BCUT2D eigenvalue weighted by Crippen LogP contribution is -2.00. The predicted molar refractivity (Wildman–Crippen MR) is 120 cm³/mol. The lowest BCUT2D eigenvalue weighted by atomic mass is 10.1. The average molecular weight is 456 g/mol. The average Bonchev–Trinajstić information content (AvgIpc) is 3.16. The summed E-state index contributed by atoms with van der Waals surface area (Å²) in [6.45, 7) is 0.413. The minimum absolute atomic E-state index is 0.189. The molecule has 3 aromatic carbocycles. The number of hydrogen-bond acceptors (Lipinski definition) is 3. The van der Waals surface area contributed by atoms with Crippen molar-refractivity contribution in [2.24, 2.45) is 0 Å². The van der Waals surface area contributed by atoms with Crippen LogP contribution in [0.4, 0.5) is 10.1 Å². The van der Waals surface area contributed by atoms with Gasteiger partial charge in [0.1, 0.15) is 5.82 Å². The molecule has 2 N–H and O–H groups in total. The number of carboxylic acid groups (broad SMARTS) is 1. The van der Waals surface area contributed by atoms with E-state index in [2.05, 4.69) is 10.4 Å². The Bertz CT molecular complexity index is 1220. The van der Waals surface area contributed by atoms with Crippen LogP contribution in [0, 0.1) is 5.82 Å². The van der Waals surface area contributed by atoms with Crippen molar-refractivity contribution < 1.29 is 14.3 Å². The fraction of sp³-hybridized carbons (Fsp3) is 0.0435. The summed E-state index contributed by atoms with van der Waals surface area (Å²) >= 11 is 12.1. The van der Waals surface area contributed by atoms with E-state index < -0.39 is 5.97 Å². The zero-order valence-corrected chi connectivity index (χ0v) is 17.5. The molecule has 0 aliphatic rings. The SMILES string of the molecule is O=C(O)c1ccc(-n2cc(CNc3cc(Cl)cc(Cl)c3)c(-c3ccc(F)cc3)n2)cc1. The molecule has 1 heterocycles. The van der Waals surface area contributed by atoms with Gasteiger partial charge >= 0.3 is 5.97 Å². The number of aromatic carboxylic acids is 1. The summed E-state index contributed by atoms with van der Waals surface area (Å²) in [6, 6.07) is 17.7. The predicted octanol–water partition coefficient (Wildman–Crippen LogP) is 6.30. The number of nitrogens with zero attached hydrogens (tertiary/aromatic N) is 2. The van der Waals surface area contributed by atoms with E-state index in [1.807, 2.05) is 6.20 Å². The number of benzene rings is 3. The van der Waals surface area contributed by atoms with E-state index in [0.29, 0.717) is 28.0 Å². The minimum Gasteiger partial charge on any atom is -0.478 e. The zero-order chi connectivity index (χ0) is 22.0. The highest BCUT2D eigenvalue weighted by molar-refractivity contribution is 6.35. The molecule has 156 valence electrons. The van der Waals surface area contributed by atoms with E-state index in [-0.39, 0.29) is 11.4 Å². The topological polar surface area (TPSA) is 67.2 Å². The van der Waals surface area contributed by atoms with Gasteiger partial charge in [-0.25, -0.2) is 13.9 Å². The van der Waals surface area contributed by atoms with Gasteiger partial charge in [0.25, 0.3) is 0 Å². The molecule has 0 fully saturated rings. The molecule has 4 rings (SSSR count). The van der Waals surface area contributed by atoms with Crippen LogP contribution in [0.2, 0.25) is 10.0 Å². The smallest absolute Gasteiger partial charge is 0.335 e. The van der Waals surface area contributed by atoms with Crippen LogP contribution in [0.5, 0.6) is 0 Å². The van der Waals surface area contributed by atoms with Crippen molar-refractivity contribution in [3.05, 3.63) is 99.9 Å². The number of anilines is 1. The third-order valence-corrected chi connectivity index (χ3v) is 5.07. The molecule has 0 aliphatic heterocycles. The summed E-state index contributed by atoms with van der Waals surface area (Å²) in [4.78, 5) is 11.1. The summed E-state index contributed by atoms with van der Waals surface area (Å²) in [5, 5.41) is 18.1. The van der Waals surface area contributed by atoms with Gasteiger partial charge in [-0.3, -0.25) is 0 Å². The lowest BCUT2D eigenvalue weighted by Gasteiger charge is -2.08. The van der Waals surface area contributed by atoms with Crippen molar-refractivity contribution in [3.63, 3.8) is 0 Å². The van der Waals surface area contributed by atoms with Crippen LogP contribution in [0.25, 0.3) is 16.9 Å². The van der Waals surface area contributed by atoms with Gasteiger partial charge in [-0.1, -0.05) is 23.2 Å². The first-order valence-corrected chi connectivity index (χ1v) is 10.0. The monoisotopic (exact) mass is 455 g/mol. The Morgan fingerprint density at radius 3 is 2.26 bits per heavy atom. The molecule has 0 unspecified atom stereocenters. The van der Waals surface area contributed by atoms with Gasteiger partial charge in [-0.15, -0.1) is 0 Å². The number of carboxylic acids is 1. The molecule has 0 atom stereocenters. The Morgan fingerprint density at radius 2 is 1.65 bits per heavy atom. The van der Waals surface area contributed by atoms with E-state index >= 15 is 0 Å². The van der Waals surface area contributed by atoms with Crippen LogP contribution in [-0.4, -0.2) is 20.9 Å². The van der Waals surface area contributed by atoms with E-state index in [9.17, 15) is 9.18 Å². The Kier molecular flexibility index (Phi) is 5.93. The van der Waals surface area contributed by atoms with Gasteiger partial charge in [0.15, 0.2) is 0 Å². The summed E-state index contributed by atoms with van der Waals surface area (Å²) < 4.78 is 15.1. The molecule has 8 heteroatoms. The third kappa shape index (κ3) is 4.87. The zero-order valence-electron chi connectivity index (χ0n) is 16.0. The number of nitrogens with one attached hydrogen (secondary N) is 1. The van der Waals surface area contributed by atoms with Gasteiger partial charge in [0, 0.05) is 39.6 Å².